The van der Waals surface area contributed by atoms with E-state index in [0.29, 0.717) is 46.4 Å². The number of hydrogen-bond donors (Lipinski definition) is 1. The van der Waals surface area contributed by atoms with Gasteiger partial charge in [-0.05, 0) is 73.8 Å². The largest absolute Gasteiger partial charge is 0.438 e. The number of carbonyl (C=O) groups excluding carboxylic acids is 1. The molecule has 7 aromatic rings. The van der Waals surface area contributed by atoms with Crippen LogP contribution in [0.4, 0.5) is 10.1 Å². The zero-order valence-electron chi connectivity index (χ0n) is 27.1. The SMILES string of the molecule is CN(C)Cc1ccccc1-c1c(-c2cnn(C)c2)oc2ncnc(Oc3ccc(NC(=O)c4cn(C)n(-c5ccc(F)cc5)c4=O)cc3)c12. The summed E-state index contributed by atoms with van der Waals surface area (Å²) in [4.78, 5) is 37.3. The lowest BCUT2D eigenvalue weighted by Crippen LogP contribution is -2.25. The molecule has 4 heterocycles. The number of aromatic nitrogens is 6. The van der Waals surface area contributed by atoms with Gasteiger partial charge in [0.05, 0.1) is 17.4 Å². The van der Waals surface area contributed by atoms with Crippen molar-refractivity contribution in [2.75, 3.05) is 19.4 Å². The van der Waals surface area contributed by atoms with Gasteiger partial charge in [0, 0.05) is 44.3 Å². The number of ether oxygens (including phenoxy) is 1. The number of hydrogen-bond acceptors (Lipinski definition) is 8. The van der Waals surface area contributed by atoms with Gasteiger partial charge in [0.1, 0.15) is 34.6 Å². The first-order valence-corrected chi connectivity index (χ1v) is 15.3. The molecule has 49 heavy (non-hydrogen) atoms. The van der Waals surface area contributed by atoms with Gasteiger partial charge in [-0.1, -0.05) is 24.3 Å². The quantitative estimate of drug-likeness (QED) is 0.200. The van der Waals surface area contributed by atoms with Crippen LogP contribution < -0.4 is 15.6 Å². The van der Waals surface area contributed by atoms with Crippen molar-refractivity contribution < 1.29 is 18.3 Å². The maximum absolute atomic E-state index is 13.4. The summed E-state index contributed by atoms with van der Waals surface area (Å²) in [7, 11) is 7.50. The lowest BCUT2D eigenvalue weighted by molar-refractivity contribution is 0.102. The van der Waals surface area contributed by atoms with Gasteiger partial charge >= 0.3 is 0 Å². The Labute approximate surface area is 279 Å². The molecule has 1 amide bonds. The highest BCUT2D eigenvalue weighted by Gasteiger charge is 2.26. The summed E-state index contributed by atoms with van der Waals surface area (Å²) in [5.74, 6) is 0.326. The van der Waals surface area contributed by atoms with Crippen molar-refractivity contribution >= 4 is 22.7 Å². The third-order valence-corrected chi connectivity index (χ3v) is 7.89. The minimum absolute atomic E-state index is 0.0676. The highest BCUT2D eigenvalue weighted by Crippen LogP contribution is 2.45. The van der Waals surface area contributed by atoms with Gasteiger partial charge in [-0.3, -0.25) is 19.0 Å². The number of carbonyl (C=O) groups is 1. The van der Waals surface area contributed by atoms with Gasteiger partial charge in [0.15, 0.2) is 0 Å². The molecule has 4 aromatic heterocycles. The first kappa shape index (κ1) is 31.3. The molecule has 0 aliphatic heterocycles. The molecule has 3 aromatic carbocycles. The number of aryl methyl sites for hydroxylation is 2. The van der Waals surface area contributed by atoms with Gasteiger partial charge in [0.2, 0.25) is 11.6 Å². The van der Waals surface area contributed by atoms with E-state index in [0.717, 1.165) is 22.3 Å². The standard InChI is InChI=1S/C36H31FN8O4/c1-42(2)18-22-7-5-6-8-28(22)30-31-34(38-21-39-35(31)49-32(30)23-17-40-43(3)19-23)48-27-15-11-25(12-16-27)41-33(46)29-20-44(4)45(36(29)47)26-13-9-24(37)10-14-26/h5-17,19-21H,18H2,1-4H3,(H,41,46). The maximum atomic E-state index is 13.4. The van der Waals surface area contributed by atoms with Gasteiger partial charge in [-0.2, -0.15) is 5.10 Å². The average Bonchev–Trinajstić information content (AvgIpc) is 3.77. The molecule has 0 aliphatic carbocycles. The number of nitrogens with one attached hydrogen (secondary N) is 1. The second-order valence-electron chi connectivity index (χ2n) is 11.8. The first-order valence-electron chi connectivity index (χ1n) is 15.3. The van der Waals surface area contributed by atoms with Crippen LogP contribution in [0.15, 0.2) is 107 Å². The number of benzene rings is 3. The van der Waals surface area contributed by atoms with Crippen LogP contribution >= 0.6 is 0 Å². The van der Waals surface area contributed by atoms with Crippen LogP contribution in [0.3, 0.4) is 0 Å². The summed E-state index contributed by atoms with van der Waals surface area (Å²) < 4.78 is 30.6. The molecule has 0 radical (unpaired) electrons. The van der Waals surface area contributed by atoms with Crippen LogP contribution in [0, 0.1) is 5.82 Å². The monoisotopic (exact) mass is 658 g/mol. The zero-order chi connectivity index (χ0) is 34.2. The number of halogens is 1. The first-order chi connectivity index (χ1) is 23.7. The number of furan rings is 1. The predicted octanol–water partition coefficient (Wildman–Crippen LogP) is 6.03. The second kappa shape index (κ2) is 12.7. The summed E-state index contributed by atoms with van der Waals surface area (Å²) in [6.45, 7) is 0.690. The molecule has 246 valence electrons. The Morgan fingerprint density at radius 2 is 1.73 bits per heavy atom. The molecular formula is C36H31FN8O4. The number of nitrogens with zero attached hydrogens (tertiary/aromatic N) is 7. The summed E-state index contributed by atoms with van der Waals surface area (Å²) in [5, 5.41) is 7.72. The molecule has 0 saturated carbocycles. The summed E-state index contributed by atoms with van der Waals surface area (Å²) in [6, 6.07) is 20.2. The second-order valence-corrected chi connectivity index (χ2v) is 11.8. The Morgan fingerprint density at radius 1 is 0.980 bits per heavy atom. The molecule has 0 bridgehead atoms. The third-order valence-electron chi connectivity index (χ3n) is 7.89. The van der Waals surface area contributed by atoms with Crippen molar-refractivity contribution in [3.8, 4) is 39.8 Å². The molecule has 0 unspecified atom stereocenters. The minimum Gasteiger partial charge on any atom is -0.438 e. The van der Waals surface area contributed by atoms with Gasteiger partial charge < -0.3 is 19.4 Å². The molecule has 1 N–H and O–H groups in total. The summed E-state index contributed by atoms with van der Waals surface area (Å²) in [5.41, 5.74) is 4.23. The van der Waals surface area contributed by atoms with Gasteiger partial charge in [-0.15, -0.1) is 0 Å². The number of fused-ring (bicyclic) bond motifs is 1. The zero-order valence-corrected chi connectivity index (χ0v) is 27.1. The van der Waals surface area contributed by atoms with E-state index >= 15 is 0 Å². The van der Waals surface area contributed by atoms with Crippen molar-refractivity contribution in [3.63, 3.8) is 0 Å². The fraction of sp³-hybridized carbons (Fsp3) is 0.139. The fourth-order valence-electron chi connectivity index (χ4n) is 5.74. The Morgan fingerprint density at radius 3 is 2.45 bits per heavy atom. The van der Waals surface area contributed by atoms with Crippen molar-refractivity contribution in [2.45, 2.75) is 6.54 Å². The average molecular weight is 659 g/mol. The lowest BCUT2D eigenvalue weighted by atomic mass is 9.96. The normalized spacial score (nSPS) is 11.4. The molecule has 0 atom stereocenters. The number of amides is 1. The van der Waals surface area contributed by atoms with E-state index < -0.39 is 17.3 Å². The number of anilines is 1. The van der Waals surface area contributed by atoms with Crippen molar-refractivity contribution in [1.82, 2.24) is 34.0 Å². The predicted molar refractivity (Wildman–Crippen MR) is 182 cm³/mol. The van der Waals surface area contributed by atoms with E-state index in [9.17, 15) is 14.0 Å². The molecule has 12 nitrogen and oxygen atoms in total. The van der Waals surface area contributed by atoms with Gasteiger partial charge in [-0.25, -0.2) is 19.0 Å². The van der Waals surface area contributed by atoms with Crippen LogP contribution in [0.1, 0.15) is 15.9 Å². The molecule has 0 fully saturated rings. The van der Waals surface area contributed by atoms with E-state index in [1.165, 1.54) is 46.2 Å². The molecule has 0 spiro atoms. The van der Waals surface area contributed by atoms with E-state index in [2.05, 4.69) is 31.3 Å². The molecule has 13 heteroatoms. The Kier molecular flexibility index (Phi) is 8.10. The number of rotatable bonds is 9. The smallest absolute Gasteiger partial charge is 0.284 e. The minimum atomic E-state index is -0.588. The lowest BCUT2D eigenvalue weighted by Gasteiger charge is -2.15. The maximum Gasteiger partial charge on any atom is 0.284 e. The summed E-state index contributed by atoms with van der Waals surface area (Å²) >= 11 is 0. The summed E-state index contributed by atoms with van der Waals surface area (Å²) in [6.07, 6.45) is 6.43. The highest BCUT2D eigenvalue weighted by molar-refractivity contribution is 6.04. The molecule has 7 rings (SSSR count). The van der Waals surface area contributed by atoms with E-state index in [1.807, 2.05) is 45.5 Å². The fourth-order valence-corrected chi connectivity index (χ4v) is 5.74. The molecule has 0 aliphatic rings. The van der Waals surface area contributed by atoms with Crippen molar-refractivity contribution in [1.29, 1.82) is 0 Å². The third kappa shape index (κ3) is 6.10. The van der Waals surface area contributed by atoms with Crippen molar-refractivity contribution in [3.05, 3.63) is 125 Å². The molecule has 0 saturated heterocycles. The topological polar surface area (TPSA) is 125 Å². The van der Waals surface area contributed by atoms with E-state index in [1.54, 1.807) is 42.2 Å². The Bertz CT molecular complexity index is 2370. The molecular weight excluding hydrogens is 627 g/mol. The Balaban J connectivity index is 1.20. The van der Waals surface area contributed by atoms with Gasteiger partial charge in [0.25, 0.3) is 11.5 Å². The highest BCUT2D eigenvalue weighted by atomic mass is 19.1. The van der Waals surface area contributed by atoms with Crippen LogP contribution in [0.5, 0.6) is 11.6 Å². The van der Waals surface area contributed by atoms with Crippen molar-refractivity contribution in [2.24, 2.45) is 14.1 Å². The van der Waals surface area contributed by atoms with E-state index in [-0.39, 0.29) is 5.56 Å². The Hall–Kier alpha value is -6.34. The van der Waals surface area contributed by atoms with Crippen LogP contribution in [0.2, 0.25) is 0 Å². The van der Waals surface area contributed by atoms with Crippen LogP contribution in [0.25, 0.3) is 39.2 Å². The van der Waals surface area contributed by atoms with Crippen LogP contribution in [-0.2, 0) is 20.6 Å². The van der Waals surface area contributed by atoms with Crippen LogP contribution in [-0.4, -0.2) is 54.0 Å². The van der Waals surface area contributed by atoms with E-state index in [4.69, 9.17) is 9.15 Å².